The molecule has 0 N–H and O–H groups in total. The van der Waals surface area contributed by atoms with Crippen molar-refractivity contribution in [3.8, 4) is 0 Å². The minimum atomic E-state index is -1.54. The van der Waals surface area contributed by atoms with Crippen LogP contribution in [0.1, 0.15) is 34.6 Å². The van der Waals surface area contributed by atoms with Gasteiger partial charge in [0.2, 0.25) is 0 Å². The fraction of sp³-hybridized carbons (Fsp3) is 0.867. The summed E-state index contributed by atoms with van der Waals surface area (Å²) in [4.78, 5) is 5.26. The quantitative estimate of drug-likeness (QED) is 0.473. The predicted octanol–water partition coefficient (Wildman–Crippen LogP) is 6.64. The van der Waals surface area contributed by atoms with Gasteiger partial charge in [0.15, 0.2) is 0 Å². The summed E-state index contributed by atoms with van der Waals surface area (Å²) in [5.74, 6) is 2.44. The van der Waals surface area contributed by atoms with E-state index in [1.807, 2.05) is 0 Å². The second kappa shape index (κ2) is 8.09. The molecule has 1 nitrogen and oxygen atoms in total. The maximum atomic E-state index is 5.26. The third-order valence-corrected chi connectivity index (χ3v) is 9.85. The molecule has 122 valence electrons. The standard InChI is InChI=1S/C15H28NSSi.2ClH.Ti/c1-10-11(2)14(12-8-9-17-13(10)12)18(6,7)16-15(3,4)5;;;/h8-14H,1-7H3;2*1H;/q-1;;;+2/p-2. The average Bonchev–Trinajstić information content (AvgIpc) is 2.81. The molecule has 1 fully saturated rings. The molecule has 0 bridgehead atoms. The molecule has 1 saturated carbocycles. The van der Waals surface area contributed by atoms with Crippen LogP contribution in [0, 0.1) is 17.8 Å². The van der Waals surface area contributed by atoms with Crippen molar-refractivity contribution in [2.45, 2.75) is 64.0 Å². The second-order valence-corrected chi connectivity index (χ2v) is 15.6. The number of halogens is 2. The van der Waals surface area contributed by atoms with E-state index in [1.54, 1.807) is 0 Å². The Bertz CT molecular complexity index is 373. The molecule has 0 amide bonds. The molecule has 0 saturated heterocycles. The number of rotatable bonds is 2. The van der Waals surface area contributed by atoms with E-state index >= 15 is 0 Å². The molecule has 0 radical (unpaired) electrons. The molecule has 1 aliphatic heterocycles. The summed E-state index contributed by atoms with van der Waals surface area (Å²) < 4.78 is 0. The van der Waals surface area contributed by atoms with E-state index in [9.17, 15) is 0 Å². The molecule has 1 aliphatic carbocycles. The van der Waals surface area contributed by atoms with Crippen LogP contribution < -0.4 is 0 Å². The van der Waals surface area contributed by atoms with Gasteiger partial charge in [0.25, 0.3) is 0 Å². The van der Waals surface area contributed by atoms with Gasteiger partial charge in [-0.05, 0) is 23.2 Å². The van der Waals surface area contributed by atoms with Crippen molar-refractivity contribution >= 4 is 38.6 Å². The first kappa shape index (κ1) is 20.6. The van der Waals surface area contributed by atoms with Crippen molar-refractivity contribution in [2.75, 3.05) is 0 Å². The molecular formula is C15H28Cl2NSSiTi-. The summed E-state index contributed by atoms with van der Waals surface area (Å²) in [5.41, 5.74) is 0.939. The van der Waals surface area contributed by atoms with Gasteiger partial charge in [0, 0.05) is 5.25 Å². The molecule has 1 heterocycles. The van der Waals surface area contributed by atoms with E-state index in [-0.39, 0.29) is 5.54 Å². The van der Waals surface area contributed by atoms with Gasteiger partial charge in [0.1, 0.15) is 0 Å². The molecule has 0 aromatic rings. The zero-order chi connectivity index (χ0) is 16.4. The van der Waals surface area contributed by atoms with Crippen LogP contribution in [-0.4, -0.2) is 19.0 Å². The Morgan fingerprint density at radius 1 is 1.14 bits per heavy atom. The van der Waals surface area contributed by atoms with E-state index in [0.29, 0.717) is 0 Å². The number of fused-ring (bicyclic) bond motifs is 1. The van der Waals surface area contributed by atoms with E-state index in [4.69, 9.17) is 23.6 Å². The topological polar surface area (TPSA) is 14.1 Å². The minimum absolute atomic E-state index is 0.117. The van der Waals surface area contributed by atoms with Crippen LogP contribution >= 0.6 is 30.4 Å². The van der Waals surface area contributed by atoms with Gasteiger partial charge in [-0.15, -0.1) is 17.3 Å². The first-order valence-corrected chi connectivity index (χ1v) is 15.8. The summed E-state index contributed by atoms with van der Waals surface area (Å²) in [5, 5.41) is 3.17. The van der Waals surface area contributed by atoms with Crippen molar-refractivity contribution in [3.05, 3.63) is 16.5 Å². The number of hydrogen-bond donors (Lipinski definition) is 0. The number of thioether (sulfide) groups is 1. The molecule has 21 heavy (non-hydrogen) atoms. The molecule has 5 unspecified atom stereocenters. The SMILES string of the molecule is CC1C(C)C([Si](C)(C)[N-]C(C)(C)C)C2C=CSC12.[Cl][Ti][Cl]. The third kappa shape index (κ3) is 5.27. The number of nitrogens with zero attached hydrogens (tertiary/aromatic N) is 1. The van der Waals surface area contributed by atoms with Gasteiger partial charge >= 0.3 is 35.6 Å². The van der Waals surface area contributed by atoms with Crippen LogP contribution in [-0.2, 0) is 17.0 Å². The van der Waals surface area contributed by atoms with Gasteiger partial charge in [-0.2, -0.15) is 0 Å². The van der Waals surface area contributed by atoms with Gasteiger partial charge in [-0.1, -0.05) is 67.6 Å². The van der Waals surface area contributed by atoms with Crippen LogP contribution in [0.3, 0.4) is 0 Å². The molecule has 0 aromatic carbocycles. The fourth-order valence-electron chi connectivity index (χ4n) is 4.26. The number of allylic oxidation sites excluding steroid dienone is 1. The van der Waals surface area contributed by atoms with Crippen molar-refractivity contribution in [3.63, 3.8) is 0 Å². The van der Waals surface area contributed by atoms with Crippen molar-refractivity contribution < 1.29 is 17.0 Å². The van der Waals surface area contributed by atoms with Crippen molar-refractivity contribution in [1.82, 2.24) is 0 Å². The maximum absolute atomic E-state index is 5.26. The van der Waals surface area contributed by atoms with Crippen LogP contribution in [0.15, 0.2) is 11.5 Å². The van der Waals surface area contributed by atoms with Crippen molar-refractivity contribution in [1.29, 1.82) is 0 Å². The Balaban J connectivity index is 0.000000677. The normalized spacial score (nSPS) is 35.2. The van der Waals surface area contributed by atoms with Gasteiger partial charge in [-0.25, -0.2) is 0 Å². The Morgan fingerprint density at radius 2 is 1.67 bits per heavy atom. The Kier molecular flexibility index (Phi) is 7.94. The van der Waals surface area contributed by atoms with Gasteiger partial charge in [-0.3, -0.25) is 0 Å². The van der Waals surface area contributed by atoms with Crippen LogP contribution in [0.4, 0.5) is 0 Å². The molecule has 2 aliphatic rings. The summed E-state index contributed by atoms with van der Waals surface area (Å²) in [6.07, 6.45) is 2.48. The average molecular weight is 401 g/mol. The van der Waals surface area contributed by atoms with Gasteiger partial charge < -0.3 is 4.98 Å². The van der Waals surface area contributed by atoms with E-state index in [1.165, 1.54) is 0 Å². The Morgan fingerprint density at radius 3 is 2.14 bits per heavy atom. The predicted molar refractivity (Wildman–Crippen MR) is 98.4 cm³/mol. The van der Waals surface area contributed by atoms with Crippen molar-refractivity contribution in [2.24, 2.45) is 17.8 Å². The summed E-state index contributed by atoms with van der Waals surface area (Å²) in [7, 11) is 8.24. The first-order chi connectivity index (χ1) is 9.55. The van der Waals surface area contributed by atoms with E-state index in [2.05, 4.69) is 71.0 Å². The molecule has 0 spiro atoms. The first-order valence-electron chi connectivity index (χ1n) is 7.57. The zero-order valence-corrected chi connectivity index (χ0v) is 19.0. The monoisotopic (exact) mass is 400 g/mol. The van der Waals surface area contributed by atoms with Crippen LogP contribution in [0.25, 0.3) is 4.98 Å². The van der Waals surface area contributed by atoms with Crippen LogP contribution in [0.5, 0.6) is 0 Å². The molecule has 0 aromatic heterocycles. The summed E-state index contributed by atoms with van der Waals surface area (Å²) in [6.45, 7) is 16.6. The fourth-order valence-corrected chi connectivity index (χ4v) is 10.5. The Labute approximate surface area is 153 Å². The summed E-state index contributed by atoms with van der Waals surface area (Å²) in [6, 6.07) is 0. The molecular weight excluding hydrogens is 373 g/mol. The van der Waals surface area contributed by atoms with E-state index in [0.717, 1.165) is 28.5 Å². The van der Waals surface area contributed by atoms with Crippen LogP contribution in [0.2, 0.25) is 18.6 Å². The van der Waals surface area contributed by atoms with E-state index < -0.39 is 25.3 Å². The third-order valence-electron chi connectivity index (χ3n) is 4.68. The number of hydrogen-bond acceptors (Lipinski definition) is 1. The molecule has 5 atom stereocenters. The second-order valence-electron chi connectivity index (χ2n) is 7.76. The molecule has 2 rings (SSSR count). The van der Waals surface area contributed by atoms with Gasteiger partial charge in [0.05, 0.1) is 0 Å². The summed E-state index contributed by atoms with van der Waals surface area (Å²) >= 11 is 1.51. The zero-order valence-electron chi connectivity index (χ0n) is 14.2. The molecule has 6 heteroatoms. The Hall–Kier alpha value is 1.56.